The van der Waals surface area contributed by atoms with Crippen LogP contribution >= 0.6 is 11.3 Å². The topological polar surface area (TPSA) is 68.7 Å². The van der Waals surface area contributed by atoms with E-state index in [0.29, 0.717) is 34.6 Å². The highest BCUT2D eigenvalue weighted by Crippen LogP contribution is 2.33. The first-order valence-electron chi connectivity index (χ1n) is 9.55. The number of rotatable bonds is 9. The van der Waals surface area contributed by atoms with E-state index in [1.165, 1.54) is 11.3 Å². The monoisotopic (exact) mass is 411 g/mol. The van der Waals surface area contributed by atoms with Gasteiger partial charge in [-0.25, -0.2) is 4.98 Å². The van der Waals surface area contributed by atoms with Crippen LogP contribution in [0.1, 0.15) is 37.3 Å². The molecule has 0 saturated carbocycles. The van der Waals surface area contributed by atoms with Crippen molar-refractivity contribution in [3.63, 3.8) is 0 Å². The average molecular weight is 412 g/mol. The van der Waals surface area contributed by atoms with Crippen LogP contribution < -0.4 is 9.47 Å². The van der Waals surface area contributed by atoms with Gasteiger partial charge in [0.05, 0.1) is 30.4 Å². The summed E-state index contributed by atoms with van der Waals surface area (Å²) in [5.41, 5.74) is 2.37. The van der Waals surface area contributed by atoms with Crippen molar-refractivity contribution in [1.29, 1.82) is 0 Å². The summed E-state index contributed by atoms with van der Waals surface area (Å²) in [6.45, 7) is 4.93. The van der Waals surface area contributed by atoms with Crippen LogP contribution in [-0.4, -0.2) is 29.8 Å². The second-order valence-electron chi connectivity index (χ2n) is 7.17. The molecule has 0 fully saturated rings. The molecule has 3 aromatic rings. The van der Waals surface area contributed by atoms with Gasteiger partial charge in [-0.3, -0.25) is 4.79 Å². The first-order valence-corrected chi connectivity index (χ1v) is 10.4. The number of benzene rings is 2. The third-order valence-electron chi connectivity index (χ3n) is 4.39. The summed E-state index contributed by atoms with van der Waals surface area (Å²) in [6.07, 6.45) is 2.71. The first-order chi connectivity index (χ1) is 14.0. The van der Waals surface area contributed by atoms with Gasteiger partial charge in [-0.05, 0) is 53.8 Å². The van der Waals surface area contributed by atoms with Crippen molar-refractivity contribution in [2.24, 2.45) is 5.92 Å². The van der Waals surface area contributed by atoms with E-state index in [9.17, 15) is 9.90 Å². The summed E-state index contributed by atoms with van der Waals surface area (Å²) in [7, 11) is 1.60. The van der Waals surface area contributed by atoms with Crippen molar-refractivity contribution in [2.45, 2.75) is 26.7 Å². The third-order valence-corrected chi connectivity index (χ3v) is 5.50. The van der Waals surface area contributed by atoms with Gasteiger partial charge in [-0.2, -0.15) is 0 Å². The number of aliphatic carboxylic acids is 1. The fraction of sp³-hybridized carbons (Fsp3) is 0.304. The smallest absolute Gasteiger partial charge is 0.307 e. The van der Waals surface area contributed by atoms with Crippen molar-refractivity contribution in [1.82, 2.24) is 4.98 Å². The fourth-order valence-corrected chi connectivity index (χ4v) is 3.84. The lowest BCUT2D eigenvalue weighted by Crippen LogP contribution is -2.02. The number of carboxylic acids is 1. The zero-order valence-electron chi connectivity index (χ0n) is 16.8. The first kappa shape index (κ1) is 20.9. The molecule has 0 bridgehead atoms. The number of fused-ring (bicyclic) bond motifs is 1. The zero-order valence-corrected chi connectivity index (χ0v) is 17.7. The van der Waals surface area contributed by atoms with E-state index in [-0.39, 0.29) is 6.42 Å². The fourth-order valence-electron chi connectivity index (χ4n) is 2.86. The van der Waals surface area contributed by atoms with Gasteiger partial charge in [0.1, 0.15) is 5.01 Å². The van der Waals surface area contributed by atoms with E-state index >= 15 is 0 Å². The molecule has 1 aromatic heterocycles. The Balaban J connectivity index is 1.91. The van der Waals surface area contributed by atoms with Crippen molar-refractivity contribution in [3.05, 3.63) is 53.0 Å². The molecule has 5 nitrogen and oxygen atoms in total. The number of aromatic nitrogens is 1. The van der Waals surface area contributed by atoms with Crippen molar-refractivity contribution in [3.8, 4) is 11.5 Å². The molecular formula is C23H25NO4S. The molecule has 0 spiro atoms. The highest BCUT2D eigenvalue weighted by atomic mass is 32.1. The van der Waals surface area contributed by atoms with Crippen LogP contribution in [-0.2, 0) is 4.79 Å². The largest absolute Gasteiger partial charge is 0.493 e. The molecule has 0 amide bonds. The molecule has 3 rings (SSSR count). The molecule has 2 aromatic carbocycles. The Bertz CT molecular complexity index is 990. The molecule has 29 heavy (non-hydrogen) atoms. The number of carboxylic acid groups (broad SMARTS) is 1. The lowest BCUT2D eigenvalue weighted by Gasteiger charge is -2.12. The third kappa shape index (κ3) is 5.57. The maximum absolute atomic E-state index is 11.4. The minimum absolute atomic E-state index is 0.102. The van der Waals surface area contributed by atoms with Gasteiger partial charge >= 0.3 is 5.97 Å². The van der Waals surface area contributed by atoms with Crippen LogP contribution in [0.25, 0.3) is 21.9 Å². The van der Waals surface area contributed by atoms with E-state index in [2.05, 4.69) is 18.8 Å². The number of thiazole rings is 1. The maximum atomic E-state index is 11.4. The van der Waals surface area contributed by atoms with Gasteiger partial charge in [0.15, 0.2) is 11.5 Å². The Morgan fingerprint density at radius 1 is 1.21 bits per heavy atom. The van der Waals surface area contributed by atoms with Gasteiger partial charge in [0, 0.05) is 0 Å². The van der Waals surface area contributed by atoms with Crippen LogP contribution in [0.4, 0.5) is 0 Å². The lowest BCUT2D eigenvalue weighted by atomic mass is 10.1. The Morgan fingerprint density at radius 2 is 2.00 bits per heavy atom. The highest BCUT2D eigenvalue weighted by Gasteiger charge is 2.13. The SMILES string of the molecule is COc1cc(C=C(CC(=O)O)c2nc3ccccc3s2)ccc1OCCC(C)C. The summed E-state index contributed by atoms with van der Waals surface area (Å²) in [6, 6.07) is 13.4. The standard InChI is InChI=1S/C23H25NO4S/c1-15(2)10-11-28-19-9-8-16(13-20(19)27-3)12-17(14-22(25)26)23-24-18-6-4-5-7-21(18)29-23/h4-9,12-13,15H,10-11,14H2,1-3H3,(H,25,26). The van der Waals surface area contributed by atoms with Crippen LogP contribution in [0.5, 0.6) is 11.5 Å². The molecule has 0 aliphatic heterocycles. The molecular weight excluding hydrogens is 386 g/mol. The summed E-state index contributed by atoms with van der Waals surface area (Å²) in [5.74, 6) is 0.984. The summed E-state index contributed by atoms with van der Waals surface area (Å²) < 4.78 is 12.3. The second kappa shape index (κ2) is 9.56. The molecule has 1 heterocycles. The Hall–Kier alpha value is -2.86. The quantitative estimate of drug-likeness (QED) is 0.486. The van der Waals surface area contributed by atoms with Crippen molar-refractivity contribution >= 4 is 39.2 Å². The van der Waals surface area contributed by atoms with Gasteiger partial charge in [0.25, 0.3) is 0 Å². The summed E-state index contributed by atoms with van der Waals surface area (Å²) in [5, 5.41) is 10.1. The summed E-state index contributed by atoms with van der Waals surface area (Å²) in [4.78, 5) is 16.0. The van der Waals surface area contributed by atoms with Crippen molar-refractivity contribution < 1.29 is 19.4 Å². The second-order valence-corrected chi connectivity index (χ2v) is 8.20. The Kier molecular flexibility index (Phi) is 6.88. The molecule has 1 N–H and O–H groups in total. The Labute approximate surface area is 174 Å². The number of methoxy groups -OCH3 is 1. The summed E-state index contributed by atoms with van der Waals surface area (Å²) >= 11 is 1.49. The molecule has 0 aliphatic rings. The number of hydrogen-bond donors (Lipinski definition) is 1. The molecule has 0 saturated heterocycles. The van der Waals surface area contributed by atoms with Gasteiger partial charge in [-0.1, -0.05) is 32.0 Å². The van der Waals surface area contributed by atoms with E-state index in [1.807, 2.05) is 48.5 Å². The average Bonchev–Trinajstić information content (AvgIpc) is 3.12. The lowest BCUT2D eigenvalue weighted by molar-refractivity contribution is -0.135. The number of nitrogens with zero attached hydrogens (tertiary/aromatic N) is 1. The zero-order chi connectivity index (χ0) is 20.8. The van der Waals surface area contributed by atoms with Crippen LogP contribution in [0.15, 0.2) is 42.5 Å². The normalized spacial score (nSPS) is 11.8. The minimum atomic E-state index is -0.892. The van der Waals surface area contributed by atoms with Crippen LogP contribution in [0.3, 0.4) is 0 Å². The van der Waals surface area contributed by atoms with Crippen LogP contribution in [0, 0.1) is 5.92 Å². The predicted molar refractivity (Wildman–Crippen MR) is 118 cm³/mol. The highest BCUT2D eigenvalue weighted by molar-refractivity contribution is 7.19. The van der Waals surface area contributed by atoms with Crippen molar-refractivity contribution in [2.75, 3.05) is 13.7 Å². The molecule has 0 atom stereocenters. The van der Waals surface area contributed by atoms with E-state index in [1.54, 1.807) is 7.11 Å². The molecule has 0 unspecified atom stereocenters. The predicted octanol–water partition coefficient (Wildman–Crippen LogP) is 5.75. The van der Waals surface area contributed by atoms with Gasteiger partial charge in [0.2, 0.25) is 0 Å². The van der Waals surface area contributed by atoms with E-state index < -0.39 is 5.97 Å². The molecule has 0 aliphatic carbocycles. The van der Waals surface area contributed by atoms with E-state index in [0.717, 1.165) is 22.2 Å². The molecule has 6 heteroatoms. The number of ether oxygens (including phenoxy) is 2. The Morgan fingerprint density at radius 3 is 2.69 bits per heavy atom. The van der Waals surface area contributed by atoms with Crippen LogP contribution in [0.2, 0.25) is 0 Å². The van der Waals surface area contributed by atoms with Gasteiger partial charge in [-0.15, -0.1) is 11.3 Å². The minimum Gasteiger partial charge on any atom is -0.493 e. The van der Waals surface area contributed by atoms with E-state index in [4.69, 9.17) is 9.47 Å². The van der Waals surface area contributed by atoms with Gasteiger partial charge < -0.3 is 14.6 Å². The molecule has 0 radical (unpaired) electrons. The maximum Gasteiger partial charge on any atom is 0.307 e. The number of hydrogen-bond acceptors (Lipinski definition) is 5. The number of carbonyl (C=O) groups is 1. The molecule has 152 valence electrons. The number of para-hydroxylation sites is 1.